The number of hydrogen-bond donors (Lipinski definition) is 0. The van der Waals surface area contributed by atoms with Crippen molar-refractivity contribution in [1.82, 2.24) is 14.8 Å². The molecule has 8 heteroatoms. The monoisotopic (exact) mass is 455 g/mol. The van der Waals surface area contributed by atoms with Crippen molar-refractivity contribution in [2.75, 3.05) is 39.4 Å². The lowest BCUT2D eigenvalue weighted by molar-refractivity contribution is -0.143. The summed E-state index contributed by atoms with van der Waals surface area (Å²) in [5.74, 6) is 0.651. The zero-order valence-corrected chi connectivity index (χ0v) is 19.2. The lowest BCUT2D eigenvalue weighted by atomic mass is 9.96. The summed E-state index contributed by atoms with van der Waals surface area (Å²) < 4.78 is 11.3. The number of carbonyl (C=O) groups excluding carboxylic acids is 2. The Morgan fingerprint density at radius 2 is 2.03 bits per heavy atom. The minimum atomic E-state index is -0.128. The Morgan fingerprint density at radius 3 is 2.81 bits per heavy atom. The van der Waals surface area contributed by atoms with Gasteiger partial charge in [0, 0.05) is 43.2 Å². The van der Waals surface area contributed by atoms with Crippen molar-refractivity contribution in [3.63, 3.8) is 0 Å². The van der Waals surface area contributed by atoms with Crippen LogP contribution in [0.1, 0.15) is 29.1 Å². The molecule has 2 saturated heterocycles. The van der Waals surface area contributed by atoms with Crippen LogP contribution in [-0.4, -0.2) is 66.0 Å². The number of morpholine rings is 1. The van der Waals surface area contributed by atoms with Gasteiger partial charge >= 0.3 is 0 Å². The first-order chi connectivity index (χ1) is 15.6. The van der Waals surface area contributed by atoms with Crippen LogP contribution in [0.3, 0.4) is 0 Å². The number of amides is 2. The van der Waals surface area contributed by atoms with Gasteiger partial charge < -0.3 is 19.3 Å². The Balaban J connectivity index is 1.36. The Hall–Kier alpha value is -2.71. The molecule has 0 aliphatic carbocycles. The number of carbonyl (C=O) groups is 2. The van der Waals surface area contributed by atoms with Crippen LogP contribution in [0.2, 0.25) is 0 Å². The molecule has 0 spiro atoms. The van der Waals surface area contributed by atoms with E-state index in [0.717, 1.165) is 29.1 Å². The molecule has 170 valence electrons. The van der Waals surface area contributed by atoms with Crippen molar-refractivity contribution in [3.05, 3.63) is 52.0 Å². The highest BCUT2D eigenvalue weighted by molar-refractivity contribution is 7.09. The average Bonchev–Trinajstić information content (AvgIpc) is 3.27. The number of hydrogen-bond acceptors (Lipinski definition) is 6. The van der Waals surface area contributed by atoms with E-state index < -0.39 is 0 Å². The van der Waals surface area contributed by atoms with Gasteiger partial charge in [0.1, 0.15) is 12.4 Å². The molecular formula is C24H29N3O4S. The predicted octanol–water partition coefficient (Wildman–Crippen LogP) is 3.14. The van der Waals surface area contributed by atoms with Crippen molar-refractivity contribution in [1.29, 1.82) is 0 Å². The van der Waals surface area contributed by atoms with E-state index in [1.54, 1.807) is 28.4 Å². The normalized spacial score (nSPS) is 19.3. The van der Waals surface area contributed by atoms with Crippen LogP contribution in [0.5, 0.6) is 5.75 Å². The molecular weight excluding hydrogens is 426 g/mol. The number of ether oxygens (including phenoxy) is 2. The summed E-state index contributed by atoms with van der Waals surface area (Å²) in [5.41, 5.74) is 1.73. The highest BCUT2D eigenvalue weighted by Crippen LogP contribution is 2.23. The SMILES string of the molecule is Cc1nc(COc2ccccc2/C=C/C(=O)N2CCCC(C(=O)N3CCOCC3)C2)cs1. The van der Waals surface area contributed by atoms with E-state index in [2.05, 4.69) is 4.98 Å². The van der Waals surface area contributed by atoms with Gasteiger partial charge in [0.2, 0.25) is 11.8 Å². The third-order valence-corrected chi connectivity index (χ3v) is 6.59. The Labute approximate surface area is 192 Å². The summed E-state index contributed by atoms with van der Waals surface area (Å²) in [6, 6.07) is 7.64. The van der Waals surface area contributed by atoms with Crippen LogP contribution >= 0.6 is 11.3 Å². The standard InChI is InChI=1S/C24H29N3O4S/c1-18-25-21(17-32-18)16-31-22-7-3-2-5-19(22)8-9-23(28)27-10-4-6-20(15-27)24(29)26-11-13-30-14-12-26/h2-3,5,7-9,17,20H,4,6,10-16H2,1H3/b9-8+. The van der Waals surface area contributed by atoms with Crippen molar-refractivity contribution in [3.8, 4) is 5.75 Å². The number of thiazole rings is 1. The highest BCUT2D eigenvalue weighted by atomic mass is 32.1. The Morgan fingerprint density at radius 1 is 1.22 bits per heavy atom. The first kappa shape index (κ1) is 22.5. The molecule has 3 heterocycles. The average molecular weight is 456 g/mol. The largest absolute Gasteiger partial charge is 0.487 e. The van der Waals surface area contributed by atoms with Crippen LogP contribution in [0.15, 0.2) is 35.7 Å². The lowest BCUT2D eigenvalue weighted by Crippen LogP contribution is -2.49. The van der Waals surface area contributed by atoms with Gasteiger partial charge in [0.25, 0.3) is 0 Å². The number of para-hydroxylation sites is 1. The molecule has 0 saturated carbocycles. The van der Waals surface area contributed by atoms with Crippen LogP contribution in [0.25, 0.3) is 6.08 Å². The summed E-state index contributed by atoms with van der Waals surface area (Å²) >= 11 is 1.60. The van der Waals surface area contributed by atoms with E-state index in [-0.39, 0.29) is 17.7 Å². The van der Waals surface area contributed by atoms with Crippen LogP contribution < -0.4 is 4.74 Å². The van der Waals surface area contributed by atoms with Gasteiger partial charge in [-0.2, -0.15) is 0 Å². The number of piperidine rings is 1. The van der Waals surface area contributed by atoms with E-state index >= 15 is 0 Å². The number of likely N-dealkylation sites (tertiary alicyclic amines) is 1. The molecule has 2 fully saturated rings. The molecule has 0 bridgehead atoms. The van der Waals surface area contributed by atoms with Crippen molar-refractivity contribution >= 4 is 29.2 Å². The molecule has 2 aliphatic heterocycles. The van der Waals surface area contributed by atoms with E-state index in [1.807, 2.05) is 41.5 Å². The fourth-order valence-corrected chi connectivity index (χ4v) is 4.66. The van der Waals surface area contributed by atoms with Crippen LogP contribution in [0.4, 0.5) is 0 Å². The van der Waals surface area contributed by atoms with Gasteiger partial charge in [-0.25, -0.2) is 4.98 Å². The smallest absolute Gasteiger partial charge is 0.246 e. The topological polar surface area (TPSA) is 72.0 Å². The molecule has 7 nitrogen and oxygen atoms in total. The summed E-state index contributed by atoms with van der Waals surface area (Å²) in [5, 5.41) is 3.00. The van der Waals surface area contributed by atoms with Gasteiger partial charge in [-0.05, 0) is 31.9 Å². The maximum Gasteiger partial charge on any atom is 0.246 e. The number of rotatable bonds is 6. The molecule has 32 heavy (non-hydrogen) atoms. The molecule has 2 aromatic rings. The Bertz CT molecular complexity index is 968. The molecule has 1 aromatic carbocycles. The molecule has 2 aliphatic rings. The van der Waals surface area contributed by atoms with Gasteiger partial charge in [0.05, 0.1) is 29.8 Å². The maximum absolute atomic E-state index is 12.9. The fraction of sp³-hybridized carbons (Fsp3) is 0.458. The molecule has 1 aromatic heterocycles. The van der Waals surface area contributed by atoms with Gasteiger partial charge in [-0.15, -0.1) is 11.3 Å². The lowest BCUT2D eigenvalue weighted by Gasteiger charge is -2.35. The second-order valence-corrected chi connectivity index (χ2v) is 9.14. The third-order valence-electron chi connectivity index (χ3n) is 5.77. The van der Waals surface area contributed by atoms with Crippen LogP contribution in [-0.2, 0) is 20.9 Å². The molecule has 0 N–H and O–H groups in total. The number of aryl methyl sites for hydroxylation is 1. The van der Waals surface area contributed by atoms with Crippen molar-refractivity contribution in [2.24, 2.45) is 5.92 Å². The minimum absolute atomic E-state index is 0.0746. The summed E-state index contributed by atoms with van der Waals surface area (Å²) in [6.07, 6.45) is 5.04. The molecule has 4 rings (SSSR count). The van der Waals surface area contributed by atoms with Crippen molar-refractivity contribution in [2.45, 2.75) is 26.4 Å². The Kier molecular flexibility index (Phi) is 7.55. The molecule has 2 amide bonds. The molecule has 1 unspecified atom stereocenters. The van der Waals surface area contributed by atoms with E-state index in [4.69, 9.17) is 9.47 Å². The maximum atomic E-state index is 12.9. The summed E-state index contributed by atoms with van der Waals surface area (Å²) in [4.78, 5) is 33.8. The van der Waals surface area contributed by atoms with E-state index in [0.29, 0.717) is 51.7 Å². The number of nitrogens with zero attached hydrogens (tertiary/aromatic N) is 3. The van der Waals surface area contributed by atoms with E-state index in [1.165, 1.54) is 0 Å². The fourth-order valence-electron chi connectivity index (χ4n) is 4.06. The summed E-state index contributed by atoms with van der Waals surface area (Å²) in [6.45, 7) is 5.97. The predicted molar refractivity (Wildman–Crippen MR) is 123 cm³/mol. The first-order valence-electron chi connectivity index (χ1n) is 11.1. The second kappa shape index (κ2) is 10.7. The summed E-state index contributed by atoms with van der Waals surface area (Å²) in [7, 11) is 0. The van der Waals surface area contributed by atoms with Gasteiger partial charge in [0.15, 0.2) is 0 Å². The quantitative estimate of drug-likeness (QED) is 0.626. The number of aromatic nitrogens is 1. The first-order valence-corrected chi connectivity index (χ1v) is 11.9. The highest BCUT2D eigenvalue weighted by Gasteiger charge is 2.31. The number of benzene rings is 1. The van der Waals surface area contributed by atoms with Gasteiger partial charge in [-0.3, -0.25) is 9.59 Å². The molecule has 0 radical (unpaired) electrons. The second-order valence-electron chi connectivity index (χ2n) is 8.08. The minimum Gasteiger partial charge on any atom is -0.487 e. The zero-order valence-electron chi connectivity index (χ0n) is 18.4. The van der Waals surface area contributed by atoms with Gasteiger partial charge in [-0.1, -0.05) is 18.2 Å². The van der Waals surface area contributed by atoms with E-state index in [9.17, 15) is 9.59 Å². The van der Waals surface area contributed by atoms with Crippen LogP contribution in [0, 0.1) is 12.8 Å². The third kappa shape index (κ3) is 5.75. The zero-order chi connectivity index (χ0) is 22.3. The van der Waals surface area contributed by atoms with Crippen molar-refractivity contribution < 1.29 is 19.1 Å². The molecule has 1 atom stereocenters.